The van der Waals surface area contributed by atoms with Crippen LogP contribution in [0.4, 0.5) is 0 Å². The van der Waals surface area contributed by atoms with E-state index in [1.165, 1.54) is 12.3 Å². The molecule has 0 atom stereocenters. The van der Waals surface area contributed by atoms with Crippen LogP contribution >= 0.6 is 0 Å². The third-order valence-electron chi connectivity index (χ3n) is 2.08. The highest BCUT2D eigenvalue weighted by atomic mass is 16.5. The summed E-state index contributed by atoms with van der Waals surface area (Å²) in [5.41, 5.74) is 0.853. The lowest BCUT2D eigenvalue weighted by Crippen LogP contribution is -2.01. The topological polar surface area (TPSA) is 72.3 Å². The van der Waals surface area contributed by atoms with Gasteiger partial charge < -0.3 is 9.84 Å². The average Bonchev–Trinajstić information content (AvgIpc) is 2.38. The van der Waals surface area contributed by atoms with Gasteiger partial charge in [-0.1, -0.05) is 0 Å². The Morgan fingerprint density at radius 1 is 1.29 bits per heavy atom. The summed E-state index contributed by atoms with van der Waals surface area (Å²) in [6.07, 6.45) is 6.12. The smallest absolute Gasteiger partial charge is 0.337 e. The van der Waals surface area contributed by atoms with Crippen LogP contribution in [-0.2, 0) is 6.61 Å². The SMILES string of the molecule is O=C(O)c1cncc(COc2cccnc2)c1. The molecule has 0 saturated heterocycles. The van der Waals surface area contributed by atoms with Gasteiger partial charge in [-0.05, 0) is 18.2 Å². The van der Waals surface area contributed by atoms with Crippen LogP contribution in [0.15, 0.2) is 43.0 Å². The van der Waals surface area contributed by atoms with Crippen molar-refractivity contribution in [1.82, 2.24) is 9.97 Å². The normalized spacial score (nSPS) is 9.88. The van der Waals surface area contributed by atoms with Gasteiger partial charge in [0.1, 0.15) is 12.4 Å². The minimum Gasteiger partial charge on any atom is -0.487 e. The van der Waals surface area contributed by atoms with Gasteiger partial charge in [-0.2, -0.15) is 0 Å². The van der Waals surface area contributed by atoms with E-state index < -0.39 is 5.97 Å². The molecular weight excluding hydrogens is 220 g/mol. The van der Waals surface area contributed by atoms with Gasteiger partial charge >= 0.3 is 5.97 Å². The second kappa shape index (κ2) is 5.07. The number of nitrogens with zero attached hydrogens (tertiary/aromatic N) is 2. The highest BCUT2D eigenvalue weighted by Crippen LogP contribution is 2.10. The lowest BCUT2D eigenvalue weighted by molar-refractivity contribution is 0.0696. The Kier molecular flexibility index (Phi) is 3.30. The van der Waals surface area contributed by atoms with Crippen LogP contribution in [0.1, 0.15) is 15.9 Å². The summed E-state index contributed by atoms with van der Waals surface area (Å²) in [6.45, 7) is 0.264. The van der Waals surface area contributed by atoms with E-state index in [9.17, 15) is 4.79 Å². The fourth-order valence-corrected chi connectivity index (χ4v) is 1.28. The van der Waals surface area contributed by atoms with E-state index in [-0.39, 0.29) is 12.2 Å². The minimum atomic E-state index is -0.999. The average molecular weight is 230 g/mol. The molecule has 0 aliphatic heterocycles. The molecule has 5 nitrogen and oxygen atoms in total. The van der Waals surface area contributed by atoms with Gasteiger partial charge in [-0.3, -0.25) is 9.97 Å². The summed E-state index contributed by atoms with van der Waals surface area (Å²) in [4.78, 5) is 18.5. The summed E-state index contributed by atoms with van der Waals surface area (Å²) >= 11 is 0. The van der Waals surface area contributed by atoms with Gasteiger partial charge in [0.15, 0.2) is 0 Å². The first-order valence-corrected chi connectivity index (χ1v) is 4.96. The number of carboxylic acids is 1. The standard InChI is InChI=1S/C12H10N2O3/c15-12(16)10-4-9(5-14-6-10)8-17-11-2-1-3-13-7-11/h1-7H,8H2,(H,15,16). The summed E-state index contributed by atoms with van der Waals surface area (Å²) in [5.74, 6) is -0.367. The summed E-state index contributed by atoms with van der Waals surface area (Å²) < 4.78 is 5.43. The van der Waals surface area contributed by atoms with Crippen LogP contribution in [0.3, 0.4) is 0 Å². The third kappa shape index (κ3) is 3.01. The van der Waals surface area contributed by atoms with E-state index >= 15 is 0 Å². The number of aromatic nitrogens is 2. The summed E-state index contributed by atoms with van der Waals surface area (Å²) in [5, 5.41) is 8.80. The molecule has 86 valence electrons. The molecule has 2 aromatic rings. The zero-order valence-electron chi connectivity index (χ0n) is 8.91. The number of carbonyl (C=O) groups is 1. The molecule has 0 saturated carbocycles. The van der Waals surface area contributed by atoms with Crippen molar-refractivity contribution >= 4 is 5.97 Å². The van der Waals surface area contributed by atoms with Crippen LogP contribution in [0, 0.1) is 0 Å². The first kappa shape index (κ1) is 11.1. The molecule has 2 heterocycles. The van der Waals surface area contributed by atoms with Crippen LogP contribution in [0.5, 0.6) is 5.75 Å². The van der Waals surface area contributed by atoms with Crippen LogP contribution in [0.25, 0.3) is 0 Å². The molecule has 0 aliphatic rings. The van der Waals surface area contributed by atoms with Gasteiger partial charge in [0.2, 0.25) is 0 Å². The predicted molar refractivity (Wildman–Crippen MR) is 59.8 cm³/mol. The Balaban J connectivity index is 2.04. The maximum Gasteiger partial charge on any atom is 0.337 e. The fraction of sp³-hybridized carbons (Fsp3) is 0.0833. The van der Waals surface area contributed by atoms with Crippen molar-refractivity contribution in [3.05, 3.63) is 54.1 Å². The Morgan fingerprint density at radius 3 is 2.88 bits per heavy atom. The van der Waals surface area contributed by atoms with Crippen molar-refractivity contribution in [2.75, 3.05) is 0 Å². The molecular formula is C12H10N2O3. The van der Waals surface area contributed by atoms with E-state index in [2.05, 4.69) is 9.97 Å². The maximum atomic E-state index is 10.7. The van der Waals surface area contributed by atoms with E-state index in [4.69, 9.17) is 9.84 Å². The van der Waals surface area contributed by atoms with Gasteiger partial charge in [0.05, 0.1) is 11.8 Å². The molecule has 0 spiro atoms. The molecule has 5 heteroatoms. The number of pyridine rings is 2. The van der Waals surface area contributed by atoms with Crippen molar-refractivity contribution in [3.63, 3.8) is 0 Å². The van der Waals surface area contributed by atoms with Crippen LogP contribution in [-0.4, -0.2) is 21.0 Å². The Bertz CT molecular complexity index is 514. The van der Waals surface area contributed by atoms with Crippen LogP contribution < -0.4 is 4.74 Å². The third-order valence-corrected chi connectivity index (χ3v) is 2.08. The quantitative estimate of drug-likeness (QED) is 0.866. The highest BCUT2D eigenvalue weighted by molar-refractivity contribution is 5.87. The number of ether oxygens (including phenoxy) is 1. The molecule has 2 rings (SSSR count). The molecule has 2 aromatic heterocycles. The van der Waals surface area contributed by atoms with E-state index in [1.54, 1.807) is 30.7 Å². The van der Waals surface area contributed by atoms with Crippen molar-refractivity contribution < 1.29 is 14.6 Å². The molecule has 0 bridgehead atoms. The van der Waals surface area contributed by atoms with E-state index in [1.807, 2.05) is 0 Å². The van der Waals surface area contributed by atoms with Gasteiger partial charge in [-0.15, -0.1) is 0 Å². The molecule has 0 radical (unpaired) electrons. The first-order valence-electron chi connectivity index (χ1n) is 4.96. The number of hydrogen-bond donors (Lipinski definition) is 1. The molecule has 0 aliphatic carbocycles. The maximum absolute atomic E-state index is 10.7. The van der Waals surface area contributed by atoms with E-state index in [0.717, 1.165) is 0 Å². The van der Waals surface area contributed by atoms with E-state index in [0.29, 0.717) is 11.3 Å². The Labute approximate surface area is 97.7 Å². The largest absolute Gasteiger partial charge is 0.487 e. The Hall–Kier alpha value is -2.43. The van der Waals surface area contributed by atoms with Gasteiger partial charge in [0.25, 0.3) is 0 Å². The zero-order valence-corrected chi connectivity index (χ0v) is 8.91. The summed E-state index contributed by atoms with van der Waals surface area (Å²) in [7, 11) is 0. The number of rotatable bonds is 4. The predicted octanol–water partition coefficient (Wildman–Crippen LogP) is 1.75. The van der Waals surface area contributed by atoms with Crippen molar-refractivity contribution in [1.29, 1.82) is 0 Å². The number of carboxylic acid groups (broad SMARTS) is 1. The molecule has 0 unspecified atom stereocenters. The Morgan fingerprint density at radius 2 is 2.18 bits per heavy atom. The lowest BCUT2D eigenvalue weighted by Gasteiger charge is -2.05. The van der Waals surface area contributed by atoms with Crippen molar-refractivity contribution in [2.45, 2.75) is 6.61 Å². The minimum absolute atomic E-state index is 0.150. The molecule has 0 amide bonds. The van der Waals surface area contributed by atoms with Crippen molar-refractivity contribution in [2.24, 2.45) is 0 Å². The summed E-state index contributed by atoms with van der Waals surface area (Å²) in [6, 6.07) is 5.08. The zero-order chi connectivity index (χ0) is 12.1. The molecule has 17 heavy (non-hydrogen) atoms. The van der Waals surface area contributed by atoms with Gasteiger partial charge in [0, 0.05) is 24.2 Å². The fourth-order valence-electron chi connectivity index (χ4n) is 1.28. The molecule has 1 N–H and O–H groups in total. The second-order valence-electron chi connectivity index (χ2n) is 3.36. The lowest BCUT2D eigenvalue weighted by atomic mass is 10.2. The number of hydrogen-bond acceptors (Lipinski definition) is 4. The first-order chi connectivity index (χ1) is 8.25. The van der Waals surface area contributed by atoms with Gasteiger partial charge in [-0.25, -0.2) is 4.79 Å². The van der Waals surface area contributed by atoms with Crippen molar-refractivity contribution in [3.8, 4) is 5.75 Å². The molecule has 0 aromatic carbocycles. The number of aromatic carboxylic acids is 1. The highest BCUT2D eigenvalue weighted by Gasteiger charge is 2.04. The monoisotopic (exact) mass is 230 g/mol. The second-order valence-corrected chi connectivity index (χ2v) is 3.36. The molecule has 0 fully saturated rings. The van der Waals surface area contributed by atoms with Crippen LogP contribution in [0.2, 0.25) is 0 Å².